The van der Waals surface area contributed by atoms with Crippen LogP contribution in [0.4, 0.5) is 0 Å². The van der Waals surface area contributed by atoms with Crippen molar-refractivity contribution in [1.82, 2.24) is 0 Å². The molecule has 0 N–H and O–H groups in total. The zero-order valence-corrected chi connectivity index (χ0v) is 9.99. The summed E-state index contributed by atoms with van der Waals surface area (Å²) in [4.78, 5) is 10.7. The molecule has 0 aromatic heterocycles. The molecule has 0 amide bonds. The smallest absolute Gasteiger partial charge is 0.338 e. The van der Waals surface area contributed by atoms with Crippen LogP contribution in [0.5, 0.6) is 0 Å². The quantitative estimate of drug-likeness (QED) is 0.184. The van der Waals surface area contributed by atoms with Crippen LogP contribution in [0.15, 0.2) is 18.4 Å². The highest BCUT2D eigenvalue weighted by molar-refractivity contribution is 7.44. The first kappa shape index (κ1) is 12.8. The van der Waals surface area contributed by atoms with Gasteiger partial charge in [0.05, 0.1) is 12.7 Å². The largest absolute Gasteiger partial charge is 0.462 e. The summed E-state index contributed by atoms with van der Waals surface area (Å²) in [6.45, 7) is 3.40. The number of halogens is 2. The monoisotopic (exact) mass is 238 g/mol. The third kappa shape index (κ3) is 9.70. The minimum absolute atomic E-state index is 0.346. The molecule has 0 aromatic rings. The van der Waals surface area contributed by atoms with Gasteiger partial charge in [-0.15, -0.1) is 27.9 Å². The Morgan fingerprint density at radius 3 is 2.77 bits per heavy atom. The molecule has 0 aliphatic rings. The van der Waals surface area contributed by atoms with Gasteiger partial charge in [0.15, 0.2) is 0 Å². The summed E-state index contributed by atoms with van der Waals surface area (Å²) in [6, 6.07) is 0.723. The predicted molar refractivity (Wildman–Crippen MR) is 57.4 cm³/mol. The zero-order chi connectivity index (χ0) is 10.3. The topological polar surface area (TPSA) is 26.3 Å². The molecule has 0 saturated heterocycles. The molecular weight excluding hydrogens is 227 g/mol. The molecule has 0 unspecified atom stereocenters. The molecule has 5 heteroatoms. The fraction of sp³-hybridized carbons (Fsp3) is 0.500. The number of rotatable bonds is 5. The second-order valence-corrected chi connectivity index (χ2v) is 10.9. The maximum atomic E-state index is 10.7. The Morgan fingerprint density at radius 1 is 1.69 bits per heavy atom. The highest BCUT2D eigenvalue weighted by atomic mass is 35.7. The van der Waals surface area contributed by atoms with Gasteiger partial charge in [-0.1, -0.05) is 6.58 Å². The molecule has 0 radical (unpaired) electrons. The average Bonchev–Trinajstić information content (AvgIpc) is 1.97. The van der Waals surface area contributed by atoms with Crippen molar-refractivity contribution in [2.45, 2.75) is 19.0 Å². The van der Waals surface area contributed by atoms with Crippen LogP contribution in [-0.2, 0) is 9.53 Å². The number of hydrogen-bond donors (Lipinski definition) is 0. The summed E-state index contributed by atoms with van der Waals surface area (Å²) >= 11 is 11.7. The van der Waals surface area contributed by atoms with Crippen LogP contribution in [0, 0.1) is 0 Å². The number of carbonyl (C=O) groups excluding carboxylic acids is 1. The fourth-order valence-corrected chi connectivity index (χ4v) is 2.25. The van der Waals surface area contributed by atoms with Gasteiger partial charge in [0.1, 0.15) is 0 Å². The first-order valence-corrected chi connectivity index (χ1v) is 8.59. The highest BCUT2D eigenvalue weighted by Crippen LogP contribution is 2.21. The van der Waals surface area contributed by atoms with E-state index < -0.39 is 12.7 Å². The third-order valence-electron chi connectivity index (χ3n) is 1.22. The van der Waals surface area contributed by atoms with Crippen molar-refractivity contribution in [3.05, 3.63) is 18.4 Å². The van der Waals surface area contributed by atoms with E-state index >= 15 is 0 Å². The molecule has 0 saturated carbocycles. The van der Waals surface area contributed by atoms with Gasteiger partial charge in [-0.25, -0.2) is 4.79 Å². The van der Waals surface area contributed by atoms with E-state index in [9.17, 15) is 4.79 Å². The van der Waals surface area contributed by atoms with Gasteiger partial charge >= 0.3 is 5.97 Å². The fourth-order valence-electron chi connectivity index (χ4n) is 0.680. The first-order chi connectivity index (χ1) is 5.95. The van der Waals surface area contributed by atoms with Crippen LogP contribution in [0.1, 0.15) is 6.42 Å². The number of hydrogen-bond acceptors (Lipinski definition) is 2. The van der Waals surface area contributed by atoms with Crippen molar-refractivity contribution in [2.24, 2.45) is 0 Å². The maximum Gasteiger partial charge on any atom is 0.338 e. The Balaban J connectivity index is 3.47. The van der Waals surface area contributed by atoms with Crippen molar-refractivity contribution >= 4 is 34.8 Å². The standard InChI is InChI=1S/C8H12Cl2O2Si/c1-3-5-8(11)12-6-4-7-13(2,9)10/h5H,1,4,6-7H2,2H3. The van der Waals surface area contributed by atoms with Crippen LogP contribution in [0.25, 0.3) is 0 Å². The molecule has 0 spiro atoms. The summed E-state index contributed by atoms with van der Waals surface area (Å²) in [7, 11) is 0. The van der Waals surface area contributed by atoms with Gasteiger partial charge in [-0.3, -0.25) is 0 Å². The SMILES string of the molecule is C=C=CC(=O)OCCC[Si](C)(Cl)Cl. The van der Waals surface area contributed by atoms with E-state index in [1.807, 2.05) is 6.55 Å². The molecule has 0 aliphatic heterocycles. The van der Waals surface area contributed by atoms with Gasteiger partial charge < -0.3 is 4.74 Å². The van der Waals surface area contributed by atoms with Crippen LogP contribution in [0.2, 0.25) is 12.6 Å². The van der Waals surface area contributed by atoms with E-state index in [0.717, 1.165) is 12.1 Å². The normalized spacial score (nSPS) is 10.4. The molecule has 0 aromatic carbocycles. The van der Waals surface area contributed by atoms with E-state index in [1.165, 1.54) is 0 Å². The average molecular weight is 239 g/mol. The highest BCUT2D eigenvalue weighted by Gasteiger charge is 2.19. The summed E-state index contributed by atoms with van der Waals surface area (Å²) in [5, 5.41) is 0. The lowest BCUT2D eigenvalue weighted by atomic mass is 10.5. The van der Waals surface area contributed by atoms with Gasteiger partial charge in [-0.05, 0) is 19.0 Å². The summed E-state index contributed by atoms with van der Waals surface area (Å²) < 4.78 is 4.79. The summed E-state index contributed by atoms with van der Waals surface area (Å²) in [6.07, 6.45) is 1.85. The second kappa shape index (κ2) is 6.27. The van der Waals surface area contributed by atoms with Gasteiger partial charge in [0.2, 0.25) is 6.69 Å². The van der Waals surface area contributed by atoms with Crippen molar-refractivity contribution in [1.29, 1.82) is 0 Å². The van der Waals surface area contributed by atoms with Crippen LogP contribution in [-0.4, -0.2) is 19.3 Å². The van der Waals surface area contributed by atoms with Crippen molar-refractivity contribution in [3.63, 3.8) is 0 Å². The molecule has 0 rings (SSSR count). The number of esters is 1. The Morgan fingerprint density at radius 2 is 2.31 bits per heavy atom. The van der Waals surface area contributed by atoms with Crippen LogP contribution < -0.4 is 0 Å². The lowest BCUT2D eigenvalue weighted by Crippen LogP contribution is -2.13. The zero-order valence-electron chi connectivity index (χ0n) is 7.48. The molecule has 0 atom stereocenters. The van der Waals surface area contributed by atoms with E-state index in [0.29, 0.717) is 13.0 Å². The van der Waals surface area contributed by atoms with Crippen LogP contribution in [0.3, 0.4) is 0 Å². The lowest BCUT2D eigenvalue weighted by Gasteiger charge is -2.08. The van der Waals surface area contributed by atoms with E-state index in [4.69, 9.17) is 26.9 Å². The predicted octanol–water partition coefficient (Wildman–Crippen LogP) is 2.81. The first-order valence-electron chi connectivity index (χ1n) is 3.86. The minimum Gasteiger partial charge on any atom is -0.462 e. The van der Waals surface area contributed by atoms with Crippen LogP contribution >= 0.6 is 22.2 Å². The van der Waals surface area contributed by atoms with Crippen molar-refractivity contribution in [3.8, 4) is 0 Å². The summed E-state index contributed by atoms with van der Waals surface area (Å²) in [5.74, 6) is -0.428. The van der Waals surface area contributed by atoms with Gasteiger partial charge in [0, 0.05) is 0 Å². The Bertz CT molecular complexity index is 217. The molecule has 0 bridgehead atoms. The van der Waals surface area contributed by atoms with Crippen molar-refractivity contribution < 1.29 is 9.53 Å². The molecule has 0 heterocycles. The molecular formula is C8H12Cl2O2Si. The molecule has 13 heavy (non-hydrogen) atoms. The number of ether oxygens (including phenoxy) is 1. The Hall–Kier alpha value is -0.213. The van der Waals surface area contributed by atoms with E-state index in [2.05, 4.69) is 12.3 Å². The number of carbonyl (C=O) groups is 1. The van der Waals surface area contributed by atoms with Gasteiger partial charge in [0.25, 0.3) is 0 Å². The van der Waals surface area contributed by atoms with Crippen molar-refractivity contribution in [2.75, 3.05) is 6.61 Å². The Kier molecular flexibility index (Phi) is 6.17. The maximum absolute atomic E-state index is 10.7. The van der Waals surface area contributed by atoms with E-state index in [-0.39, 0.29) is 0 Å². The molecule has 74 valence electrons. The van der Waals surface area contributed by atoms with Gasteiger partial charge in [-0.2, -0.15) is 0 Å². The minimum atomic E-state index is -2.03. The van der Waals surface area contributed by atoms with E-state index in [1.54, 1.807) is 0 Å². The third-order valence-corrected chi connectivity index (χ3v) is 3.59. The molecule has 0 aliphatic carbocycles. The Labute approximate surface area is 88.6 Å². The molecule has 0 fully saturated rings. The molecule has 2 nitrogen and oxygen atoms in total. The second-order valence-electron chi connectivity index (χ2n) is 2.69. The lowest BCUT2D eigenvalue weighted by molar-refractivity contribution is -0.137. The summed E-state index contributed by atoms with van der Waals surface area (Å²) in [5.41, 5.74) is 2.33.